The van der Waals surface area contributed by atoms with Crippen LogP contribution in [0.3, 0.4) is 0 Å². The highest BCUT2D eigenvalue weighted by atomic mass is 32.1. The van der Waals surface area contributed by atoms with Crippen molar-refractivity contribution in [2.45, 2.75) is 0 Å². The summed E-state index contributed by atoms with van der Waals surface area (Å²) in [5.41, 5.74) is 0.346. The molecule has 0 saturated heterocycles. The predicted molar refractivity (Wildman–Crippen MR) is 85.7 cm³/mol. The number of aliphatic carboxylic acids is 1. The second-order valence-corrected chi connectivity index (χ2v) is 6.29. The van der Waals surface area contributed by atoms with Gasteiger partial charge in [0.05, 0.1) is 0 Å². The normalized spacial score (nSPS) is 10.7. The van der Waals surface area contributed by atoms with E-state index in [1.807, 2.05) is 17.5 Å². The van der Waals surface area contributed by atoms with Crippen LogP contribution >= 0.6 is 22.7 Å². The second-order valence-electron chi connectivity index (χ2n) is 4.42. The van der Waals surface area contributed by atoms with E-state index < -0.39 is 18.4 Å². The standard InChI is InChI=1S/C14H10N2O4S2/c17-9(18)6-15-13(19)11-10(8-2-1-4-21-8)7-3-5-22-12(7)14(20)16-11/h1-5H,6H2,(H,15,19)(H,16,20)(H,17,18). The monoisotopic (exact) mass is 334 g/mol. The number of carboxylic acid groups (broad SMARTS) is 1. The molecule has 0 aliphatic rings. The Hall–Kier alpha value is -2.45. The topological polar surface area (TPSA) is 99.3 Å². The molecule has 0 atom stereocenters. The van der Waals surface area contributed by atoms with Gasteiger partial charge in [-0.1, -0.05) is 6.07 Å². The lowest BCUT2D eigenvalue weighted by atomic mass is 10.1. The number of carboxylic acids is 1. The van der Waals surface area contributed by atoms with Gasteiger partial charge in [0.1, 0.15) is 16.9 Å². The van der Waals surface area contributed by atoms with Crippen molar-refractivity contribution in [1.82, 2.24) is 10.3 Å². The summed E-state index contributed by atoms with van der Waals surface area (Å²) in [6.45, 7) is -0.508. The van der Waals surface area contributed by atoms with E-state index in [2.05, 4.69) is 10.3 Å². The number of aromatic amines is 1. The molecule has 0 fully saturated rings. The average molecular weight is 334 g/mol. The molecule has 112 valence electrons. The van der Waals surface area contributed by atoms with Gasteiger partial charge in [-0.05, 0) is 22.9 Å². The highest BCUT2D eigenvalue weighted by Gasteiger charge is 2.20. The number of nitrogens with one attached hydrogen (secondary N) is 2. The molecule has 0 unspecified atom stereocenters. The Morgan fingerprint density at radius 1 is 1.23 bits per heavy atom. The number of thiophene rings is 2. The molecule has 0 aromatic carbocycles. The van der Waals surface area contributed by atoms with Crippen LogP contribution in [0.25, 0.3) is 20.5 Å². The van der Waals surface area contributed by atoms with Crippen molar-refractivity contribution in [3.8, 4) is 10.4 Å². The minimum absolute atomic E-state index is 0.0830. The predicted octanol–water partition coefficient (Wildman–Crippen LogP) is 2.13. The van der Waals surface area contributed by atoms with Gasteiger partial charge in [-0.15, -0.1) is 22.7 Å². The third-order valence-electron chi connectivity index (χ3n) is 3.02. The van der Waals surface area contributed by atoms with Crippen LogP contribution in [0, 0.1) is 0 Å². The first kappa shape index (κ1) is 14.5. The van der Waals surface area contributed by atoms with Crippen molar-refractivity contribution in [2.24, 2.45) is 0 Å². The summed E-state index contributed by atoms with van der Waals surface area (Å²) in [6, 6.07) is 5.49. The van der Waals surface area contributed by atoms with Gasteiger partial charge in [-0.25, -0.2) is 0 Å². The van der Waals surface area contributed by atoms with E-state index in [0.717, 1.165) is 4.88 Å². The Kier molecular flexibility index (Phi) is 3.78. The maximum atomic E-state index is 12.2. The Morgan fingerprint density at radius 2 is 2.05 bits per heavy atom. The SMILES string of the molecule is O=C(O)CNC(=O)c1[nH]c(=O)c2sccc2c1-c1cccs1. The zero-order valence-corrected chi connectivity index (χ0v) is 12.7. The number of hydrogen-bond donors (Lipinski definition) is 3. The van der Waals surface area contributed by atoms with E-state index >= 15 is 0 Å². The van der Waals surface area contributed by atoms with Gasteiger partial charge in [0, 0.05) is 15.8 Å². The van der Waals surface area contributed by atoms with Crippen molar-refractivity contribution in [3.63, 3.8) is 0 Å². The van der Waals surface area contributed by atoms with Crippen molar-refractivity contribution < 1.29 is 14.7 Å². The zero-order chi connectivity index (χ0) is 15.7. The van der Waals surface area contributed by atoms with Gasteiger partial charge in [0.25, 0.3) is 11.5 Å². The van der Waals surface area contributed by atoms with E-state index in [1.54, 1.807) is 11.4 Å². The highest BCUT2D eigenvalue weighted by Crippen LogP contribution is 2.34. The molecule has 22 heavy (non-hydrogen) atoms. The van der Waals surface area contributed by atoms with Crippen LogP contribution in [0.15, 0.2) is 33.8 Å². The van der Waals surface area contributed by atoms with E-state index in [9.17, 15) is 14.4 Å². The van der Waals surface area contributed by atoms with E-state index in [0.29, 0.717) is 15.6 Å². The van der Waals surface area contributed by atoms with Gasteiger partial charge in [-0.3, -0.25) is 14.4 Å². The molecule has 3 heterocycles. The highest BCUT2D eigenvalue weighted by molar-refractivity contribution is 7.17. The van der Waals surface area contributed by atoms with Crippen LogP contribution in [0.2, 0.25) is 0 Å². The quantitative estimate of drug-likeness (QED) is 0.680. The third kappa shape index (κ3) is 2.53. The maximum Gasteiger partial charge on any atom is 0.322 e. The molecule has 0 aliphatic carbocycles. The van der Waals surface area contributed by atoms with E-state index in [1.165, 1.54) is 22.7 Å². The van der Waals surface area contributed by atoms with Crippen LogP contribution in [0.1, 0.15) is 10.5 Å². The molecule has 0 aliphatic heterocycles. The lowest BCUT2D eigenvalue weighted by Gasteiger charge is -2.09. The van der Waals surface area contributed by atoms with E-state index in [4.69, 9.17) is 5.11 Å². The maximum absolute atomic E-state index is 12.2. The van der Waals surface area contributed by atoms with Crippen molar-refractivity contribution >= 4 is 44.6 Å². The molecule has 1 amide bonds. The summed E-state index contributed by atoms with van der Waals surface area (Å²) in [6.07, 6.45) is 0. The number of hydrogen-bond acceptors (Lipinski definition) is 5. The molecule has 8 heteroatoms. The molecule has 3 aromatic heterocycles. The van der Waals surface area contributed by atoms with Gasteiger partial charge in [-0.2, -0.15) is 0 Å². The van der Waals surface area contributed by atoms with Crippen molar-refractivity contribution in [1.29, 1.82) is 0 Å². The smallest absolute Gasteiger partial charge is 0.322 e. The molecular weight excluding hydrogens is 324 g/mol. The van der Waals surface area contributed by atoms with Crippen LogP contribution < -0.4 is 10.9 Å². The van der Waals surface area contributed by atoms with Gasteiger partial charge in [0.15, 0.2) is 0 Å². The average Bonchev–Trinajstić information content (AvgIpc) is 3.15. The Morgan fingerprint density at radius 3 is 2.73 bits per heavy atom. The van der Waals surface area contributed by atoms with Gasteiger partial charge in [0.2, 0.25) is 0 Å². The number of rotatable bonds is 4. The fourth-order valence-electron chi connectivity index (χ4n) is 2.14. The molecule has 6 nitrogen and oxygen atoms in total. The van der Waals surface area contributed by atoms with Crippen LogP contribution in [0.5, 0.6) is 0 Å². The molecule has 3 aromatic rings. The summed E-state index contributed by atoms with van der Waals surface area (Å²) in [7, 11) is 0. The number of aromatic nitrogens is 1. The Labute approximate surface area is 132 Å². The number of fused-ring (bicyclic) bond motifs is 1. The van der Waals surface area contributed by atoms with Crippen LogP contribution in [0.4, 0.5) is 0 Å². The summed E-state index contributed by atoms with van der Waals surface area (Å²) >= 11 is 2.74. The Bertz CT molecular complexity index is 909. The fourth-order valence-corrected chi connectivity index (χ4v) is 3.73. The molecular formula is C14H10N2O4S2. The zero-order valence-electron chi connectivity index (χ0n) is 11.1. The van der Waals surface area contributed by atoms with Crippen LogP contribution in [-0.4, -0.2) is 28.5 Å². The summed E-state index contributed by atoms with van der Waals surface area (Å²) in [4.78, 5) is 38.3. The van der Waals surface area contributed by atoms with Crippen molar-refractivity contribution in [3.05, 3.63) is 45.0 Å². The fraction of sp³-hybridized carbons (Fsp3) is 0.0714. The lowest BCUT2D eigenvalue weighted by molar-refractivity contribution is -0.135. The summed E-state index contributed by atoms with van der Waals surface area (Å²) < 4.78 is 0.540. The first-order chi connectivity index (χ1) is 10.6. The first-order valence-corrected chi connectivity index (χ1v) is 8.01. The molecule has 3 rings (SSSR count). The third-order valence-corrected chi connectivity index (χ3v) is 4.82. The second kappa shape index (κ2) is 5.74. The molecule has 0 saturated carbocycles. The molecule has 0 spiro atoms. The number of amides is 1. The molecule has 0 radical (unpaired) electrons. The lowest BCUT2D eigenvalue weighted by Crippen LogP contribution is -2.31. The first-order valence-electron chi connectivity index (χ1n) is 6.25. The largest absolute Gasteiger partial charge is 0.480 e. The summed E-state index contributed by atoms with van der Waals surface area (Å²) in [5, 5.41) is 15.3. The number of carbonyl (C=O) groups excluding carboxylic acids is 1. The Balaban J connectivity index is 2.20. The number of carbonyl (C=O) groups is 2. The van der Waals surface area contributed by atoms with E-state index in [-0.39, 0.29) is 11.3 Å². The number of H-pyrrole nitrogens is 1. The summed E-state index contributed by atoms with van der Waals surface area (Å²) in [5.74, 6) is -1.76. The van der Waals surface area contributed by atoms with Gasteiger partial charge < -0.3 is 15.4 Å². The molecule has 0 bridgehead atoms. The van der Waals surface area contributed by atoms with Crippen LogP contribution in [-0.2, 0) is 4.79 Å². The number of pyridine rings is 1. The van der Waals surface area contributed by atoms with Gasteiger partial charge >= 0.3 is 5.97 Å². The minimum atomic E-state index is -1.15. The molecule has 3 N–H and O–H groups in total. The minimum Gasteiger partial charge on any atom is -0.480 e. The van der Waals surface area contributed by atoms with Crippen molar-refractivity contribution in [2.75, 3.05) is 6.54 Å².